The summed E-state index contributed by atoms with van der Waals surface area (Å²) in [5.41, 5.74) is 8.49. The van der Waals surface area contributed by atoms with Gasteiger partial charge in [0.1, 0.15) is 12.4 Å². The number of carbonyl (C=O) groups excluding carboxylic acids is 1. The van der Waals surface area contributed by atoms with Crippen molar-refractivity contribution in [3.8, 4) is 5.75 Å². The number of aryl methyl sites for hydroxylation is 1. The van der Waals surface area contributed by atoms with Crippen LogP contribution in [0.25, 0.3) is 0 Å². The summed E-state index contributed by atoms with van der Waals surface area (Å²) in [6.45, 7) is 3.70. The lowest BCUT2D eigenvalue weighted by molar-refractivity contribution is 0.0944. The van der Waals surface area contributed by atoms with Crippen molar-refractivity contribution < 1.29 is 14.2 Å². The van der Waals surface area contributed by atoms with Gasteiger partial charge < -0.3 is 21.1 Å². The topological polar surface area (TPSA) is 115 Å². The molecular formula is C20H21Cl2N5O3. The molecule has 0 spiro atoms. The van der Waals surface area contributed by atoms with Crippen LogP contribution in [0.15, 0.2) is 41.0 Å². The second-order valence-electron chi connectivity index (χ2n) is 6.58. The van der Waals surface area contributed by atoms with Crippen LogP contribution < -0.4 is 21.1 Å². The van der Waals surface area contributed by atoms with Crippen LogP contribution in [0.1, 0.15) is 27.2 Å². The number of hydrogen-bond acceptors (Lipinski definition) is 7. The van der Waals surface area contributed by atoms with Gasteiger partial charge >= 0.3 is 0 Å². The summed E-state index contributed by atoms with van der Waals surface area (Å²) in [6.07, 6.45) is 0. The lowest BCUT2D eigenvalue weighted by Gasteiger charge is -2.15. The van der Waals surface area contributed by atoms with Gasteiger partial charge in [-0.2, -0.15) is 0 Å². The van der Waals surface area contributed by atoms with Crippen molar-refractivity contribution in [2.24, 2.45) is 0 Å². The predicted octanol–water partition coefficient (Wildman–Crippen LogP) is 3.37. The SMILES string of the molecule is Cc1ccc(COc2c(Cl)cc(Cl)cc2CNCCNC(=O)c2nonc2N)cc1. The number of ether oxygens (including phenoxy) is 1. The van der Waals surface area contributed by atoms with Crippen molar-refractivity contribution in [2.75, 3.05) is 18.8 Å². The zero-order valence-corrected chi connectivity index (χ0v) is 17.8. The molecular weight excluding hydrogens is 429 g/mol. The molecule has 1 amide bonds. The molecule has 0 saturated heterocycles. The summed E-state index contributed by atoms with van der Waals surface area (Å²) in [6, 6.07) is 11.5. The highest BCUT2D eigenvalue weighted by Crippen LogP contribution is 2.33. The van der Waals surface area contributed by atoms with Gasteiger partial charge in [-0.15, -0.1) is 0 Å². The van der Waals surface area contributed by atoms with Crippen molar-refractivity contribution in [2.45, 2.75) is 20.1 Å². The molecule has 10 heteroatoms. The number of amides is 1. The average molecular weight is 450 g/mol. The molecule has 2 aromatic carbocycles. The number of hydrogen-bond donors (Lipinski definition) is 3. The van der Waals surface area contributed by atoms with Gasteiger partial charge in [-0.25, -0.2) is 4.63 Å². The first kappa shape index (κ1) is 21.9. The van der Waals surface area contributed by atoms with E-state index in [4.69, 9.17) is 33.7 Å². The number of aromatic nitrogens is 2. The molecule has 4 N–H and O–H groups in total. The summed E-state index contributed by atoms with van der Waals surface area (Å²) in [7, 11) is 0. The van der Waals surface area contributed by atoms with Gasteiger partial charge in [0, 0.05) is 30.2 Å². The lowest BCUT2D eigenvalue weighted by Crippen LogP contribution is -2.32. The monoisotopic (exact) mass is 449 g/mol. The fourth-order valence-corrected chi connectivity index (χ4v) is 3.26. The molecule has 0 aliphatic heterocycles. The molecule has 0 aliphatic rings. The molecule has 158 valence electrons. The van der Waals surface area contributed by atoms with Gasteiger partial charge in [0.15, 0.2) is 0 Å². The van der Waals surface area contributed by atoms with Crippen LogP contribution >= 0.6 is 23.2 Å². The van der Waals surface area contributed by atoms with Gasteiger partial charge in [-0.1, -0.05) is 53.0 Å². The highest BCUT2D eigenvalue weighted by atomic mass is 35.5. The van der Waals surface area contributed by atoms with Crippen molar-refractivity contribution in [1.82, 2.24) is 20.9 Å². The molecule has 1 heterocycles. The van der Waals surface area contributed by atoms with E-state index in [1.54, 1.807) is 12.1 Å². The van der Waals surface area contributed by atoms with E-state index in [9.17, 15) is 4.79 Å². The largest absolute Gasteiger partial charge is 0.487 e. The molecule has 0 aliphatic carbocycles. The number of nitrogens with zero attached hydrogens (tertiary/aromatic N) is 2. The fraction of sp³-hybridized carbons (Fsp3) is 0.250. The molecule has 0 atom stereocenters. The van der Waals surface area contributed by atoms with Crippen LogP contribution in [0.3, 0.4) is 0 Å². The van der Waals surface area contributed by atoms with Crippen LogP contribution in [0.2, 0.25) is 10.0 Å². The Bertz CT molecular complexity index is 1010. The van der Waals surface area contributed by atoms with Crippen molar-refractivity contribution in [1.29, 1.82) is 0 Å². The Morgan fingerprint density at radius 1 is 1.17 bits per heavy atom. The Labute approximate surface area is 183 Å². The number of halogens is 2. The van der Waals surface area contributed by atoms with Gasteiger partial charge in [0.05, 0.1) is 5.02 Å². The quantitative estimate of drug-likeness (QED) is 0.428. The van der Waals surface area contributed by atoms with Gasteiger partial charge in [0.25, 0.3) is 5.91 Å². The minimum Gasteiger partial charge on any atom is -0.487 e. The Balaban J connectivity index is 1.54. The van der Waals surface area contributed by atoms with E-state index in [1.807, 2.05) is 31.2 Å². The van der Waals surface area contributed by atoms with E-state index >= 15 is 0 Å². The van der Waals surface area contributed by atoms with Crippen LogP contribution in [0.4, 0.5) is 5.82 Å². The molecule has 0 radical (unpaired) electrons. The fourth-order valence-electron chi connectivity index (χ4n) is 2.67. The maximum Gasteiger partial charge on any atom is 0.277 e. The Kier molecular flexibility index (Phi) is 7.51. The van der Waals surface area contributed by atoms with Crippen LogP contribution in [-0.2, 0) is 13.2 Å². The second-order valence-corrected chi connectivity index (χ2v) is 7.42. The molecule has 0 saturated carbocycles. The van der Waals surface area contributed by atoms with Crippen LogP contribution in [-0.4, -0.2) is 29.3 Å². The van der Waals surface area contributed by atoms with E-state index in [1.165, 1.54) is 5.56 Å². The van der Waals surface area contributed by atoms with Crippen molar-refractivity contribution in [3.05, 3.63) is 68.8 Å². The molecule has 0 unspecified atom stereocenters. The van der Waals surface area contributed by atoms with Gasteiger partial charge in [-0.05, 0) is 34.9 Å². The standard InChI is InChI=1S/C20H21Cl2N5O3/c1-12-2-4-13(5-3-12)11-29-18-14(8-15(21)9-16(18)22)10-24-6-7-25-20(28)17-19(23)27-30-26-17/h2-5,8-9,24H,6-7,10-11H2,1H3,(H2,23,27)(H,25,28). The Morgan fingerprint density at radius 2 is 1.93 bits per heavy atom. The second kappa shape index (κ2) is 10.3. The summed E-state index contributed by atoms with van der Waals surface area (Å²) >= 11 is 12.5. The van der Waals surface area contributed by atoms with E-state index in [0.29, 0.717) is 42.0 Å². The Morgan fingerprint density at radius 3 is 2.63 bits per heavy atom. The third kappa shape index (κ3) is 5.85. The number of anilines is 1. The average Bonchev–Trinajstić information content (AvgIpc) is 3.14. The molecule has 8 nitrogen and oxygen atoms in total. The number of nitrogens with two attached hydrogens (primary N) is 1. The van der Waals surface area contributed by atoms with Crippen LogP contribution in [0, 0.1) is 6.92 Å². The minimum atomic E-state index is -0.455. The first-order valence-corrected chi connectivity index (χ1v) is 9.93. The molecule has 0 bridgehead atoms. The number of rotatable bonds is 9. The van der Waals surface area contributed by atoms with Crippen LogP contribution in [0.5, 0.6) is 5.75 Å². The first-order chi connectivity index (χ1) is 14.4. The highest BCUT2D eigenvalue weighted by Gasteiger charge is 2.15. The molecule has 3 rings (SSSR count). The lowest BCUT2D eigenvalue weighted by atomic mass is 10.1. The summed E-state index contributed by atoms with van der Waals surface area (Å²) < 4.78 is 10.4. The molecule has 3 aromatic rings. The van der Waals surface area contributed by atoms with Crippen molar-refractivity contribution >= 4 is 34.9 Å². The summed E-state index contributed by atoms with van der Waals surface area (Å²) in [4.78, 5) is 11.9. The third-order valence-electron chi connectivity index (χ3n) is 4.22. The predicted molar refractivity (Wildman–Crippen MR) is 115 cm³/mol. The van der Waals surface area contributed by atoms with E-state index in [0.717, 1.165) is 11.1 Å². The Hall–Kier alpha value is -2.81. The first-order valence-electron chi connectivity index (χ1n) is 9.17. The highest BCUT2D eigenvalue weighted by molar-refractivity contribution is 6.35. The zero-order valence-electron chi connectivity index (χ0n) is 16.2. The number of nitrogens with one attached hydrogen (secondary N) is 2. The summed E-state index contributed by atoms with van der Waals surface area (Å²) in [5, 5.41) is 13.7. The zero-order chi connectivity index (χ0) is 21.5. The smallest absolute Gasteiger partial charge is 0.277 e. The van der Waals surface area contributed by atoms with Gasteiger partial charge in [0.2, 0.25) is 11.5 Å². The number of nitrogen functional groups attached to an aromatic ring is 1. The molecule has 0 fully saturated rings. The van der Waals surface area contributed by atoms with Crippen molar-refractivity contribution in [3.63, 3.8) is 0 Å². The molecule has 30 heavy (non-hydrogen) atoms. The number of benzene rings is 2. The maximum atomic E-state index is 11.9. The van der Waals surface area contributed by atoms with E-state index < -0.39 is 5.91 Å². The molecule has 1 aromatic heterocycles. The van der Waals surface area contributed by atoms with E-state index in [2.05, 4.69) is 25.6 Å². The summed E-state index contributed by atoms with van der Waals surface area (Å²) in [5.74, 6) is 0.0625. The minimum absolute atomic E-state index is 0.0385. The third-order valence-corrected chi connectivity index (χ3v) is 4.72. The maximum absolute atomic E-state index is 11.9. The normalized spacial score (nSPS) is 10.8. The number of carbonyl (C=O) groups is 1. The van der Waals surface area contributed by atoms with E-state index in [-0.39, 0.29) is 11.5 Å². The van der Waals surface area contributed by atoms with Gasteiger partial charge in [-0.3, -0.25) is 4.79 Å².